The van der Waals surface area contributed by atoms with Crippen LogP contribution in [0.3, 0.4) is 0 Å². The molecule has 0 amide bonds. The minimum atomic E-state index is -0.371. The molecule has 0 radical (unpaired) electrons. The lowest BCUT2D eigenvalue weighted by Crippen LogP contribution is -2.15. The highest BCUT2D eigenvalue weighted by Crippen LogP contribution is 2.26. The van der Waals surface area contributed by atoms with Crippen LogP contribution in [0, 0.1) is 5.82 Å². The molecule has 106 valence electrons. The first-order chi connectivity index (χ1) is 9.52. The van der Waals surface area contributed by atoms with Gasteiger partial charge in [0.15, 0.2) is 11.0 Å². The third kappa shape index (κ3) is 2.98. The predicted molar refractivity (Wildman–Crippen MR) is 73.7 cm³/mol. The standard InChI is InChI=1S/C13H14FN3O2S/c1-8(12(18)19-3)20-13-16-15-11(17(13)2)9-4-6-10(14)7-5-9/h4-8H,1-3H3. The van der Waals surface area contributed by atoms with Gasteiger partial charge in [0.1, 0.15) is 11.1 Å². The van der Waals surface area contributed by atoms with Gasteiger partial charge in [-0.1, -0.05) is 11.8 Å². The second-order valence-corrected chi connectivity index (χ2v) is 5.46. The molecule has 1 heterocycles. The van der Waals surface area contributed by atoms with Gasteiger partial charge in [0.2, 0.25) is 0 Å². The van der Waals surface area contributed by atoms with Crippen molar-refractivity contribution in [2.45, 2.75) is 17.3 Å². The van der Waals surface area contributed by atoms with Gasteiger partial charge in [-0.3, -0.25) is 4.79 Å². The fourth-order valence-electron chi connectivity index (χ4n) is 1.64. The van der Waals surface area contributed by atoms with Crippen LogP contribution in [0.25, 0.3) is 11.4 Å². The van der Waals surface area contributed by atoms with Crippen LogP contribution in [0.1, 0.15) is 6.92 Å². The average molecular weight is 295 g/mol. The summed E-state index contributed by atoms with van der Waals surface area (Å²) in [7, 11) is 3.14. The summed E-state index contributed by atoms with van der Waals surface area (Å²) in [5.41, 5.74) is 0.763. The number of carbonyl (C=O) groups excluding carboxylic acids is 1. The maximum absolute atomic E-state index is 12.9. The van der Waals surface area contributed by atoms with Gasteiger partial charge < -0.3 is 9.30 Å². The summed E-state index contributed by atoms with van der Waals surface area (Å²) in [5, 5.41) is 8.34. The van der Waals surface area contributed by atoms with Crippen LogP contribution in [0.4, 0.5) is 4.39 Å². The molecule has 1 atom stereocenters. The number of methoxy groups -OCH3 is 1. The topological polar surface area (TPSA) is 57.0 Å². The molecule has 0 bridgehead atoms. The van der Waals surface area contributed by atoms with Gasteiger partial charge >= 0.3 is 5.97 Å². The Morgan fingerprint density at radius 2 is 2.00 bits per heavy atom. The Morgan fingerprint density at radius 3 is 2.60 bits per heavy atom. The second kappa shape index (κ2) is 6.04. The van der Waals surface area contributed by atoms with Crippen LogP contribution < -0.4 is 0 Å². The number of thioether (sulfide) groups is 1. The first-order valence-electron chi connectivity index (χ1n) is 5.92. The molecule has 2 aromatic rings. The number of benzene rings is 1. The minimum absolute atomic E-state index is 0.301. The molecule has 20 heavy (non-hydrogen) atoms. The molecule has 0 aliphatic rings. The summed E-state index contributed by atoms with van der Waals surface area (Å²) in [6, 6.07) is 6.01. The lowest BCUT2D eigenvalue weighted by molar-refractivity contribution is -0.139. The highest BCUT2D eigenvalue weighted by molar-refractivity contribution is 8.00. The van der Waals surface area contributed by atoms with Crippen LogP contribution in [0.15, 0.2) is 29.4 Å². The molecule has 0 saturated heterocycles. The molecule has 0 aliphatic carbocycles. The number of nitrogens with zero attached hydrogens (tertiary/aromatic N) is 3. The first kappa shape index (κ1) is 14.5. The van der Waals surface area contributed by atoms with Gasteiger partial charge in [0, 0.05) is 12.6 Å². The molecule has 1 unspecified atom stereocenters. The van der Waals surface area contributed by atoms with Gasteiger partial charge in [-0.15, -0.1) is 10.2 Å². The van der Waals surface area contributed by atoms with E-state index in [4.69, 9.17) is 0 Å². The van der Waals surface area contributed by atoms with Crippen molar-refractivity contribution in [2.75, 3.05) is 7.11 Å². The number of rotatable bonds is 4. The van der Waals surface area contributed by atoms with E-state index in [1.807, 2.05) is 0 Å². The fraction of sp³-hybridized carbons (Fsp3) is 0.308. The highest BCUT2D eigenvalue weighted by atomic mass is 32.2. The van der Waals surface area contributed by atoms with Crippen molar-refractivity contribution in [1.29, 1.82) is 0 Å². The summed E-state index contributed by atoms with van der Waals surface area (Å²) in [5.74, 6) is -0.00396. The van der Waals surface area contributed by atoms with Gasteiger partial charge in [0.25, 0.3) is 0 Å². The van der Waals surface area contributed by atoms with E-state index >= 15 is 0 Å². The number of halogens is 1. The Kier molecular flexibility index (Phi) is 4.39. The molecule has 0 spiro atoms. The second-order valence-electron chi connectivity index (χ2n) is 4.16. The SMILES string of the molecule is COC(=O)C(C)Sc1nnc(-c2ccc(F)cc2)n1C. The van der Waals surface area contributed by atoms with Crippen LogP contribution in [-0.2, 0) is 16.6 Å². The molecule has 1 aromatic carbocycles. The van der Waals surface area contributed by atoms with Gasteiger partial charge in [0.05, 0.1) is 7.11 Å². The summed E-state index contributed by atoms with van der Waals surface area (Å²) in [4.78, 5) is 11.4. The van der Waals surface area contributed by atoms with E-state index < -0.39 is 0 Å². The molecular formula is C13H14FN3O2S. The third-order valence-electron chi connectivity index (χ3n) is 2.75. The van der Waals surface area contributed by atoms with Crippen LogP contribution in [-0.4, -0.2) is 33.1 Å². The first-order valence-corrected chi connectivity index (χ1v) is 6.80. The smallest absolute Gasteiger partial charge is 0.318 e. The zero-order valence-corrected chi connectivity index (χ0v) is 12.1. The average Bonchev–Trinajstić information content (AvgIpc) is 2.80. The third-order valence-corrected chi connectivity index (χ3v) is 3.86. The molecular weight excluding hydrogens is 281 g/mol. The number of hydrogen-bond acceptors (Lipinski definition) is 5. The van der Waals surface area contributed by atoms with Gasteiger partial charge in [-0.05, 0) is 31.2 Å². The molecule has 0 aliphatic heterocycles. The van der Waals surface area contributed by atoms with E-state index in [9.17, 15) is 9.18 Å². The summed E-state index contributed by atoms with van der Waals surface area (Å²) >= 11 is 1.26. The largest absolute Gasteiger partial charge is 0.468 e. The van der Waals surface area contributed by atoms with Crippen molar-refractivity contribution in [1.82, 2.24) is 14.8 Å². The number of carbonyl (C=O) groups is 1. The van der Waals surface area contributed by atoms with E-state index in [1.165, 1.54) is 31.0 Å². The monoisotopic (exact) mass is 295 g/mol. The Labute approximate surface area is 120 Å². The normalized spacial score (nSPS) is 12.2. The van der Waals surface area contributed by atoms with Crippen LogP contribution >= 0.6 is 11.8 Å². The van der Waals surface area contributed by atoms with E-state index in [0.717, 1.165) is 5.56 Å². The molecule has 7 heteroatoms. The lowest BCUT2D eigenvalue weighted by atomic mass is 10.2. The molecule has 0 N–H and O–H groups in total. The molecule has 1 aromatic heterocycles. The quantitative estimate of drug-likeness (QED) is 0.640. The maximum Gasteiger partial charge on any atom is 0.318 e. The zero-order chi connectivity index (χ0) is 14.7. The Bertz CT molecular complexity index is 613. The lowest BCUT2D eigenvalue weighted by Gasteiger charge is -2.08. The van der Waals surface area contributed by atoms with Crippen molar-refractivity contribution < 1.29 is 13.9 Å². The van der Waals surface area contributed by atoms with E-state index in [1.54, 1.807) is 30.7 Å². The van der Waals surface area contributed by atoms with E-state index in [-0.39, 0.29) is 17.0 Å². The number of aromatic nitrogens is 3. The number of ether oxygens (including phenoxy) is 1. The molecule has 0 fully saturated rings. The summed E-state index contributed by atoms with van der Waals surface area (Å²) in [6.45, 7) is 1.74. The van der Waals surface area contributed by atoms with Crippen molar-refractivity contribution in [2.24, 2.45) is 7.05 Å². The van der Waals surface area contributed by atoms with Crippen LogP contribution in [0.2, 0.25) is 0 Å². The van der Waals surface area contributed by atoms with Crippen molar-refractivity contribution in [3.63, 3.8) is 0 Å². The Morgan fingerprint density at radius 1 is 1.35 bits per heavy atom. The highest BCUT2D eigenvalue weighted by Gasteiger charge is 2.19. The predicted octanol–water partition coefficient (Wildman–Crippen LogP) is 2.27. The van der Waals surface area contributed by atoms with E-state index in [0.29, 0.717) is 11.0 Å². The summed E-state index contributed by atoms with van der Waals surface area (Å²) < 4.78 is 19.3. The maximum atomic E-state index is 12.9. The Balaban J connectivity index is 2.23. The minimum Gasteiger partial charge on any atom is -0.468 e. The fourth-order valence-corrected chi connectivity index (χ4v) is 2.48. The molecule has 2 rings (SSSR count). The number of hydrogen-bond donors (Lipinski definition) is 0. The van der Waals surface area contributed by atoms with Gasteiger partial charge in [-0.2, -0.15) is 0 Å². The molecule has 5 nitrogen and oxygen atoms in total. The van der Waals surface area contributed by atoms with Crippen molar-refractivity contribution >= 4 is 17.7 Å². The zero-order valence-electron chi connectivity index (χ0n) is 11.3. The van der Waals surface area contributed by atoms with E-state index in [2.05, 4.69) is 14.9 Å². The van der Waals surface area contributed by atoms with Gasteiger partial charge in [-0.25, -0.2) is 4.39 Å². The summed E-state index contributed by atoms with van der Waals surface area (Å²) in [6.07, 6.45) is 0. The molecule has 0 saturated carbocycles. The Hall–Kier alpha value is -1.89. The van der Waals surface area contributed by atoms with Crippen molar-refractivity contribution in [3.05, 3.63) is 30.1 Å². The number of esters is 1. The van der Waals surface area contributed by atoms with Crippen molar-refractivity contribution in [3.8, 4) is 11.4 Å². The van der Waals surface area contributed by atoms with Crippen LogP contribution in [0.5, 0.6) is 0 Å².